The van der Waals surface area contributed by atoms with Crippen molar-refractivity contribution in [2.45, 2.75) is 57.3 Å². The Morgan fingerprint density at radius 1 is 1.28 bits per heavy atom. The molecule has 4 rings (SSSR count). The molecule has 25 heavy (non-hydrogen) atoms. The Labute approximate surface area is 153 Å². The molecule has 0 bridgehead atoms. The molecule has 3 nitrogen and oxygen atoms in total. The summed E-state index contributed by atoms with van der Waals surface area (Å²) in [6.07, 6.45) is 8.02. The summed E-state index contributed by atoms with van der Waals surface area (Å²) in [6.45, 7) is 4.30. The molecule has 0 aromatic heterocycles. The van der Waals surface area contributed by atoms with Gasteiger partial charge in [-0.25, -0.2) is 4.79 Å². The Morgan fingerprint density at radius 2 is 2.04 bits per heavy atom. The van der Waals surface area contributed by atoms with Crippen LogP contribution in [0, 0.1) is 5.92 Å². The molecule has 2 heterocycles. The molecule has 1 aromatic rings. The number of allylic oxidation sites excluding steroid dienone is 2. The van der Waals surface area contributed by atoms with E-state index in [9.17, 15) is 4.79 Å². The van der Waals surface area contributed by atoms with Crippen LogP contribution in [0.1, 0.15) is 45.1 Å². The third-order valence-corrected chi connectivity index (χ3v) is 5.94. The molecule has 2 fully saturated rings. The number of esters is 1. The predicted molar refractivity (Wildman–Crippen MR) is 98.3 cm³/mol. The molecule has 0 N–H and O–H groups in total. The summed E-state index contributed by atoms with van der Waals surface area (Å²) in [6, 6.07) is 7.54. The molecule has 0 spiro atoms. The van der Waals surface area contributed by atoms with Gasteiger partial charge in [-0.1, -0.05) is 35.4 Å². The third kappa shape index (κ3) is 3.28. The first-order valence-electron chi connectivity index (χ1n) is 8.98. The van der Waals surface area contributed by atoms with E-state index in [0.717, 1.165) is 36.8 Å². The van der Waals surface area contributed by atoms with Gasteiger partial charge in [0.1, 0.15) is 12.2 Å². The highest BCUT2D eigenvalue weighted by Crippen LogP contribution is 2.50. The van der Waals surface area contributed by atoms with Crippen LogP contribution in [0.3, 0.4) is 0 Å². The smallest absolute Gasteiger partial charge is 0.334 e. The van der Waals surface area contributed by atoms with E-state index < -0.39 is 0 Å². The second-order valence-electron chi connectivity index (χ2n) is 7.61. The number of hydrogen-bond acceptors (Lipinski definition) is 3. The second-order valence-corrected chi connectivity index (χ2v) is 8.04. The summed E-state index contributed by atoms with van der Waals surface area (Å²) in [5, 5.41) is 0.690. The maximum absolute atomic E-state index is 12.6. The molecule has 0 amide bonds. The second kappa shape index (κ2) is 6.30. The SMILES string of the molecule is C/C1=C\CC[C@@]2(C)O[C@H]2[C@H]2OC(=O)/C(=C/c3ccc(Cl)cc3)[C@@H]2CC1. The van der Waals surface area contributed by atoms with Crippen molar-refractivity contribution < 1.29 is 14.3 Å². The van der Waals surface area contributed by atoms with Crippen LogP contribution in [-0.4, -0.2) is 23.8 Å². The zero-order chi connectivity index (χ0) is 17.6. The monoisotopic (exact) mass is 358 g/mol. The summed E-state index contributed by atoms with van der Waals surface area (Å²) in [4.78, 5) is 12.6. The van der Waals surface area contributed by atoms with Crippen molar-refractivity contribution in [3.63, 3.8) is 0 Å². The van der Waals surface area contributed by atoms with Crippen LogP contribution in [0.2, 0.25) is 5.02 Å². The highest BCUT2D eigenvalue weighted by Gasteiger charge is 2.61. The number of rotatable bonds is 1. The number of halogens is 1. The lowest BCUT2D eigenvalue weighted by molar-refractivity contribution is -0.139. The lowest BCUT2D eigenvalue weighted by Gasteiger charge is -2.19. The van der Waals surface area contributed by atoms with Gasteiger partial charge in [-0.2, -0.15) is 0 Å². The van der Waals surface area contributed by atoms with Crippen LogP contribution in [0.15, 0.2) is 41.5 Å². The topological polar surface area (TPSA) is 38.8 Å². The van der Waals surface area contributed by atoms with E-state index in [0.29, 0.717) is 5.02 Å². The van der Waals surface area contributed by atoms with Gasteiger partial charge in [0.25, 0.3) is 0 Å². The minimum absolute atomic E-state index is 0.0179. The Kier molecular flexibility index (Phi) is 4.25. The summed E-state index contributed by atoms with van der Waals surface area (Å²) in [5.41, 5.74) is 2.96. The van der Waals surface area contributed by atoms with Crippen molar-refractivity contribution in [3.8, 4) is 0 Å². The van der Waals surface area contributed by atoms with E-state index in [1.165, 1.54) is 5.57 Å². The zero-order valence-corrected chi connectivity index (χ0v) is 15.4. The Hall–Kier alpha value is -1.58. The highest BCUT2D eigenvalue weighted by atomic mass is 35.5. The molecule has 0 radical (unpaired) electrons. The average molecular weight is 359 g/mol. The van der Waals surface area contributed by atoms with Crippen molar-refractivity contribution in [1.29, 1.82) is 0 Å². The van der Waals surface area contributed by atoms with Gasteiger partial charge < -0.3 is 9.47 Å². The molecule has 4 heteroatoms. The number of carbonyl (C=O) groups excluding carboxylic acids is 1. The van der Waals surface area contributed by atoms with E-state index >= 15 is 0 Å². The van der Waals surface area contributed by atoms with Gasteiger partial charge in [0, 0.05) is 16.5 Å². The Bertz CT molecular complexity index is 749. The minimum atomic E-state index is -0.205. The molecule has 3 aliphatic rings. The van der Waals surface area contributed by atoms with E-state index in [-0.39, 0.29) is 29.7 Å². The summed E-state index contributed by atoms with van der Waals surface area (Å²) >= 11 is 5.96. The van der Waals surface area contributed by atoms with Crippen LogP contribution >= 0.6 is 11.6 Å². The maximum Gasteiger partial charge on any atom is 0.334 e. The van der Waals surface area contributed by atoms with Gasteiger partial charge >= 0.3 is 5.97 Å². The quantitative estimate of drug-likeness (QED) is 0.309. The van der Waals surface area contributed by atoms with Crippen molar-refractivity contribution in [3.05, 3.63) is 52.1 Å². The van der Waals surface area contributed by atoms with Gasteiger partial charge in [0.2, 0.25) is 0 Å². The van der Waals surface area contributed by atoms with Gasteiger partial charge in [-0.3, -0.25) is 0 Å². The van der Waals surface area contributed by atoms with Crippen molar-refractivity contribution >= 4 is 23.6 Å². The van der Waals surface area contributed by atoms with E-state index in [2.05, 4.69) is 19.9 Å². The highest BCUT2D eigenvalue weighted by molar-refractivity contribution is 6.30. The summed E-state index contributed by atoms with van der Waals surface area (Å²) in [5.74, 6) is -0.125. The molecule has 2 saturated heterocycles. The summed E-state index contributed by atoms with van der Waals surface area (Å²) < 4.78 is 11.8. The molecule has 4 atom stereocenters. The number of benzene rings is 1. The Morgan fingerprint density at radius 3 is 2.80 bits per heavy atom. The maximum atomic E-state index is 12.6. The number of fused-ring (bicyclic) bond motifs is 3. The van der Waals surface area contributed by atoms with Crippen molar-refractivity contribution in [2.75, 3.05) is 0 Å². The van der Waals surface area contributed by atoms with Gasteiger partial charge in [0.05, 0.1) is 5.60 Å². The number of hydrogen-bond donors (Lipinski definition) is 0. The standard InChI is InChI=1S/C21H23ClO3/c1-13-4-3-11-21(2)19(25-21)18-16(10-5-13)17(20(23)24-18)12-14-6-8-15(22)9-7-14/h4,6-9,12,16,18-19H,3,5,10-11H2,1-2H3/b13-4+,17-12+/t16-,18-,19-,21+/m0/s1. The molecule has 0 saturated carbocycles. The zero-order valence-electron chi connectivity index (χ0n) is 14.6. The first-order valence-corrected chi connectivity index (χ1v) is 9.36. The first-order chi connectivity index (χ1) is 12.0. The van der Waals surface area contributed by atoms with Crippen LogP contribution < -0.4 is 0 Å². The van der Waals surface area contributed by atoms with Gasteiger partial charge in [0.15, 0.2) is 0 Å². The van der Waals surface area contributed by atoms with Crippen molar-refractivity contribution in [2.24, 2.45) is 5.92 Å². The van der Waals surface area contributed by atoms with E-state index in [1.807, 2.05) is 30.3 Å². The summed E-state index contributed by atoms with van der Waals surface area (Å²) in [7, 11) is 0. The van der Waals surface area contributed by atoms with E-state index in [1.54, 1.807) is 0 Å². The molecule has 1 aromatic carbocycles. The van der Waals surface area contributed by atoms with Gasteiger partial charge in [-0.05, 0) is 63.3 Å². The Balaban J connectivity index is 1.67. The fourth-order valence-corrected chi connectivity index (χ4v) is 4.19. The molecule has 132 valence electrons. The average Bonchev–Trinajstić information content (AvgIpc) is 3.15. The number of ether oxygens (including phenoxy) is 2. The fourth-order valence-electron chi connectivity index (χ4n) is 4.06. The van der Waals surface area contributed by atoms with Crippen LogP contribution in [0.25, 0.3) is 6.08 Å². The number of carbonyl (C=O) groups is 1. The molecular weight excluding hydrogens is 336 g/mol. The predicted octanol–water partition coefficient (Wildman–Crippen LogP) is 4.94. The molecule has 2 aliphatic heterocycles. The largest absolute Gasteiger partial charge is 0.455 e. The first kappa shape index (κ1) is 16.9. The molecule has 1 aliphatic carbocycles. The van der Waals surface area contributed by atoms with Gasteiger partial charge in [-0.15, -0.1) is 0 Å². The van der Waals surface area contributed by atoms with Crippen molar-refractivity contribution in [1.82, 2.24) is 0 Å². The minimum Gasteiger partial charge on any atom is -0.455 e. The lowest BCUT2D eigenvalue weighted by Crippen LogP contribution is -2.28. The van der Waals surface area contributed by atoms with Crippen LogP contribution in [0.4, 0.5) is 0 Å². The third-order valence-electron chi connectivity index (χ3n) is 5.69. The normalized spacial score (nSPS) is 38.4. The lowest BCUT2D eigenvalue weighted by atomic mass is 9.83. The van der Waals surface area contributed by atoms with Crippen LogP contribution in [0.5, 0.6) is 0 Å². The van der Waals surface area contributed by atoms with E-state index in [4.69, 9.17) is 21.1 Å². The molecule has 0 unspecified atom stereocenters. The van der Waals surface area contributed by atoms with Crippen LogP contribution in [-0.2, 0) is 14.3 Å². The fraction of sp³-hybridized carbons (Fsp3) is 0.476. The number of epoxide rings is 1. The molecular formula is C21H23ClO3.